The van der Waals surface area contributed by atoms with Gasteiger partial charge in [0, 0.05) is 37.6 Å². The van der Waals surface area contributed by atoms with E-state index in [0.717, 1.165) is 28.4 Å². The van der Waals surface area contributed by atoms with Crippen molar-refractivity contribution in [2.75, 3.05) is 32.2 Å². The Morgan fingerprint density at radius 1 is 1.00 bits per heavy atom. The van der Waals surface area contributed by atoms with Crippen LogP contribution in [0.4, 0.5) is 5.69 Å². The fourth-order valence-corrected chi connectivity index (χ4v) is 2.09. The number of aromatic nitrogens is 1. The van der Waals surface area contributed by atoms with E-state index in [0.29, 0.717) is 13.2 Å². The third-order valence-electron chi connectivity index (χ3n) is 3.10. The van der Waals surface area contributed by atoms with Gasteiger partial charge in [-0.3, -0.25) is 4.98 Å². The standard InChI is InChI=1S/C17H22N2O2/c1-5-20-14-7-8-15(17(12-14)21-6-2)16-11-13(19(3)4)9-10-18-16/h7-12H,5-6H2,1-4H3. The van der Waals surface area contributed by atoms with Gasteiger partial charge in [0.05, 0.1) is 18.9 Å². The van der Waals surface area contributed by atoms with Gasteiger partial charge in [0.25, 0.3) is 0 Å². The number of benzene rings is 1. The zero-order chi connectivity index (χ0) is 15.2. The SMILES string of the molecule is CCOc1ccc(-c2cc(N(C)C)ccn2)c(OCC)c1. The first-order chi connectivity index (χ1) is 10.2. The van der Waals surface area contributed by atoms with E-state index >= 15 is 0 Å². The van der Waals surface area contributed by atoms with Crippen molar-refractivity contribution in [2.24, 2.45) is 0 Å². The minimum absolute atomic E-state index is 0.607. The maximum absolute atomic E-state index is 5.75. The van der Waals surface area contributed by atoms with Crippen molar-refractivity contribution in [1.29, 1.82) is 0 Å². The summed E-state index contributed by atoms with van der Waals surface area (Å²) in [5, 5.41) is 0. The average molecular weight is 286 g/mol. The summed E-state index contributed by atoms with van der Waals surface area (Å²) in [5.41, 5.74) is 2.98. The largest absolute Gasteiger partial charge is 0.494 e. The maximum Gasteiger partial charge on any atom is 0.132 e. The molecule has 21 heavy (non-hydrogen) atoms. The Morgan fingerprint density at radius 2 is 1.76 bits per heavy atom. The molecule has 1 heterocycles. The minimum atomic E-state index is 0.607. The molecule has 0 saturated carbocycles. The number of hydrogen-bond donors (Lipinski definition) is 0. The van der Waals surface area contributed by atoms with Gasteiger partial charge in [0.15, 0.2) is 0 Å². The summed E-state index contributed by atoms with van der Waals surface area (Å²) in [7, 11) is 4.03. The van der Waals surface area contributed by atoms with Crippen LogP contribution in [-0.2, 0) is 0 Å². The molecule has 0 radical (unpaired) electrons. The highest BCUT2D eigenvalue weighted by molar-refractivity contribution is 5.71. The molecule has 4 heteroatoms. The van der Waals surface area contributed by atoms with E-state index in [4.69, 9.17) is 9.47 Å². The quantitative estimate of drug-likeness (QED) is 0.812. The number of nitrogens with zero attached hydrogens (tertiary/aromatic N) is 2. The molecule has 112 valence electrons. The van der Waals surface area contributed by atoms with Crippen LogP contribution in [0.3, 0.4) is 0 Å². The molecular formula is C17H22N2O2. The normalized spacial score (nSPS) is 10.3. The number of anilines is 1. The second-order valence-corrected chi connectivity index (χ2v) is 4.82. The van der Waals surface area contributed by atoms with E-state index in [9.17, 15) is 0 Å². The van der Waals surface area contributed by atoms with Gasteiger partial charge >= 0.3 is 0 Å². The van der Waals surface area contributed by atoms with Gasteiger partial charge in [-0.1, -0.05) is 0 Å². The highest BCUT2D eigenvalue weighted by Crippen LogP contribution is 2.33. The molecule has 0 bridgehead atoms. The second-order valence-electron chi connectivity index (χ2n) is 4.82. The Labute approximate surface area is 126 Å². The summed E-state index contributed by atoms with van der Waals surface area (Å²) >= 11 is 0. The molecule has 0 spiro atoms. The lowest BCUT2D eigenvalue weighted by molar-refractivity contribution is 0.324. The van der Waals surface area contributed by atoms with Crippen molar-refractivity contribution in [3.8, 4) is 22.8 Å². The van der Waals surface area contributed by atoms with Gasteiger partial charge < -0.3 is 14.4 Å². The van der Waals surface area contributed by atoms with E-state index in [-0.39, 0.29) is 0 Å². The molecule has 2 rings (SSSR count). The fraction of sp³-hybridized carbons (Fsp3) is 0.353. The van der Waals surface area contributed by atoms with Crippen molar-refractivity contribution in [3.63, 3.8) is 0 Å². The van der Waals surface area contributed by atoms with Crippen LogP contribution in [0, 0.1) is 0 Å². The number of hydrogen-bond acceptors (Lipinski definition) is 4. The Kier molecular flexibility index (Phi) is 5.04. The molecule has 0 N–H and O–H groups in total. The lowest BCUT2D eigenvalue weighted by Crippen LogP contribution is -2.08. The number of ether oxygens (including phenoxy) is 2. The van der Waals surface area contributed by atoms with Crippen molar-refractivity contribution >= 4 is 5.69 Å². The molecule has 1 aromatic heterocycles. The molecule has 0 aliphatic heterocycles. The van der Waals surface area contributed by atoms with Crippen molar-refractivity contribution in [1.82, 2.24) is 4.98 Å². The molecule has 0 unspecified atom stereocenters. The third-order valence-corrected chi connectivity index (χ3v) is 3.10. The molecule has 4 nitrogen and oxygen atoms in total. The Hall–Kier alpha value is -2.23. The van der Waals surface area contributed by atoms with Crippen LogP contribution in [-0.4, -0.2) is 32.3 Å². The van der Waals surface area contributed by atoms with Crippen LogP contribution in [0.25, 0.3) is 11.3 Å². The first-order valence-electron chi connectivity index (χ1n) is 7.19. The molecule has 0 aliphatic rings. The molecule has 0 atom stereocenters. The lowest BCUT2D eigenvalue weighted by atomic mass is 10.1. The summed E-state index contributed by atoms with van der Waals surface area (Å²) in [6, 6.07) is 9.91. The van der Waals surface area contributed by atoms with E-state index < -0.39 is 0 Å². The molecule has 1 aromatic carbocycles. The summed E-state index contributed by atoms with van der Waals surface area (Å²) in [4.78, 5) is 6.52. The molecule has 0 fully saturated rings. The summed E-state index contributed by atoms with van der Waals surface area (Å²) < 4.78 is 11.3. The summed E-state index contributed by atoms with van der Waals surface area (Å²) in [5.74, 6) is 1.61. The highest BCUT2D eigenvalue weighted by Gasteiger charge is 2.10. The van der Waals surface area contributed by atoms with Crippen LogP contribution < -0.4 is 14.4 Å². The Morgan fingerprint density at radius 3 is 2.43 bits per heavy atom. The van der Waals surface area contributed by atoms with E-state index in [1.807, 2.05) is 58.4 Å². The topological polar surface area (TPSA) is 34.6 Å². The second kappa shape index (κ2) is 6.97. The monoisotopic (exact) mass is 286 g/mol. The number of rotatable bonds is 6. The van der Waals surface area contributed by atoms with E-state index in [1.54, 1.807) is 0 Å². The van der Waals surface area contributed by atoms with E-state index in [1.165, 1.54) is 0 Å². The lowest BCUT2D eigenvalue weighted by Gasteiger charge is -2.15. The maximum atomic E-state index is 5.75. The molecular weight excluding hydrogens is 264 g/mol. The smallest absolute Gasteiger partial charge is 0.132 e. The molecule has 0 amide bonds. The first kappa shape index (κ1) is 15.2. The third kappa shape index (κ3) is 3.66. The van der Waals surface area contributed by atoms with Crippen LogP contribution in [0.5, 0.6) is 11.5 Å². The van der Waals surface area contributed by atoms with Crippen molar-refractivity contribution < 1.29 is 9.47 Å². The van der Waals surface area contributed by atoms with Gasteiger partial charge in [-0.15, -0.1) is 0 Å². The van der Waals surface area contributed by atoms with Gasteiger partial charge in [-0.25, -0.2) is 0 Å². The Balaban J connectivity index is 2.44. The van der Waals surface area contributed by atoms with Crippen molar-refractivity contribution in [3.05, 3.63) is 36.5 Å². The average Bonchev–Trinajstić information content (AvgIpc) is 2.48. The fourth-order valence-electron chi connectivity index (χ4n) is 2.09. The Bertz CT molecular complexity index is 597. The predicted octanol–water partition coefficient (Wildman–Crippen LogP) is 3.61. The molecule has 2 aromatic rings. The zero-order valence-electron chi connectivity index (χ0n) is 13.1. The van der Waals surface area contributed by atoms with Gasteiger partial charge in [-0.2, -0.15) is 0 Å². The molecule has 0 aliphatic carbocycles. The predicted molar refractivity (Wildman–Crippen MR) is 86.3 cm³/mol. The highest BCUT2D eigenvalue weighted by atomic mass is 16.5. The van der Waals surface area contributed by atoms with Crippen LogP contribution in [0.2, 0.25) is 0 Å². The van der Waals surface area contributed by atoms with E-state index in [2.05, 4.69) is 16.0 Å². The van der Waals surface area contributed by atoms with Gasteiger partial charge in [-0.05, 0) is 38.1 Å². The minimum Gasteiger partial charge on any atom is -0.494 e. The van der Waals surface area contributed by atoms with Crippen LogP contribution in [0.1, 0.15) is 13.8 Å². The first-order valence-corrected chi connectivity index (χ1v) is 7.19. The summed E-state index contributed by atoms with van der Waals surface area (Å²) in [6.45, 7) is 5.19. The van der Waals surface area contributed by atoms with Crippen molar-refractivity contribution in [2.45, 2.75) is 13.8 Å². The van der Waals surface area contributed by atoms with Crippen LogP contribution >= 0.6 is 0 Å². The van der Waals surface area contributed by atoms with Gasteiger partial charge in [0.2, 0.25) is 0 Å². The molecule has 0 saturated heterocycles. The van der Waals surface area contributed by atoms with Crippen LogP contribution in [0.15, 0.2) is 36.5 Å². The van der Waals surface area contributed by atoms with Gasteiger partial charge in [0.1, 0.15) is 11.5 Å². The zero-order valence-corrected chi connectivity index (χ0v) is 13.1. The number of pyridine rings is 1. The summed E-state index contributed by atoms with van der Waals surface area (Å²) in [6.07, 6.45) is 1.82.